The molecule has 0 aromatic heterocycles. The monoisotopic (exact) mass is 255 g/mol. The molecule has 3 nitrogen and oxygen atoms in total. The van der Waals surface area contributed by atoms with Gasteiger partial charge in [-0.15, -0.1) is 0 Å². The van der Waals surface area contributed by atoms with E-state index in [0.29, 0.717) is 18.0 Å². The summed E-state index contributed by atoms with van der Waals surface area (Å²) in [5.41, 5.74) is 1.02. The molecule has 4 heteroatoms. The van der Waals surface area contributed by atoms with E-state index in [-0.39, 0.29) is 5.91 Å². The van der Waals surface area contributed by atoms with Crippen LogP contribution in [0.15, 0.2) is 18.2 Å². The number of hydrogen-bond donors (Lipinski definition) is 1. The van der Waals surface area contributed by atoms with Gasteiger partial charge in [0.1, 0.15) is 5.75 Å². The summed E-state index contributed by atoms with van der Waals surface area (Å²) in [5.74, 6) is 0.839. The van der Waals surface area contributed by atoms with E-state index in [9.17, 15) is 4.79 Å². The number of halogens is 1. The van der Waals surface area contributed by atoms with Crippen molar-refractivity contribution in [1.29, 1.82) is 0 Å². The minimum absolute atomic E-state index is 0.0946. The summed E-state index contributed by atoms with van der Waals surface area (Å²) < 4.78 is 5.07. The Morgan fingerprint density at radius 3 is 2.82 bits per heavy atom. The van der Waals surface area contributed by atoms with Crippen LogP contribution in [0.3, 0.4) is 0 Å². The third-order valence-corrected chi connectivity index (χ3v) is 2.81. The Morgan fingerprint density at radius 2 is 2.24 bits per heavy atom. The van der Waals surface area contributed by atoms with Crippen LogP contribution < -0.4 is 10.1 Å². The van der Waals surface area contributed by atoms with Crippen molar-refractivity contribution in [2.75, 3.05) is 13.7 Å². The molecular formula is C13H18ClNO2. The fourth-order valence-corrected chi connectivity index (χ4v) is 1.77. The molecule has 0 bridgehead atoms. The average Bonchev–Trinajstić information content (AvgIpc) is 2.31. The molecule has 0 unspecified atom stereocenters. The minimum atomic E-state index is 0.0946. The molecule has 1 aromatic carbocycles. The summed E-state index contributed by atoms with van der Waals surface area (Å²) in [7, 11) is 1.61. The molecule has 0 aliphatic rings. The molecule has 0 spiro atoms. The van der Waals surface area contributed by atoms with Crippen molar-refractivity contribution in [3.05, 3.63) is 28.8 Å². The molecule has 0 saturated carbocycles. The maximum Gasteiger partial charge on any atom is 0.219 e. The van der Waals surface area contributed by atoms with Gasteiger partial charge in [-0.05, 0) is 30.5 Å². The first kappa shape index (κ1) is 13.8. The van der Waals surface area contributed by atoms with E-state index in [2.05, 4.69) is 5.32 Å². The van der Waals surface area contributed by atoms with Crippen molar-refractivity contribution in [3.63, 3.8) is 0 Å². The number of amides is 1. The number of carbonyl (C=O) groups is 1. The first-order valence-electron chi connectivity index (χ1n) is 5.76. The number of carbonyl (C=O) groups excluding carboxylic acids is 1. The van der Waals surface area contributed by atoms with Gasteiger partial charge in [-0.3, -0.25) is 4.79 Å². The Balaban J connectivity index is 2.44. The highest BCUT2D eigenvalue weighted by molar-refractivity contribution is 6.31. The fourth-order valence-electron chi connectivity index (χ4n) is 1.51. The lowest BCUT2D eigenvalue weighted by atomic mass is 10.1. The Labute approximate surface area is 107 Å². The smallest absolute Gasteiger partial charge is 0.219 e. The summed E-state index contributed by atoms with van der Waals surface area (Å²) >= 11 is 6.09. The summed E-state index contributed by atoms with van der Waals surface area (Å²) in [4.78, 5) is 11.3. The summed E-state index contributed by atoms with van der Waals surface area (Å²) in [5, 5.41) is 3.53. The Bertz CT molecular complexity index is 380. The SMILES string of the molecule is CCCC(=O)NCCc1ccc(OC)cc1Cl. The molecule has 1 N–H and O–H groups in total. The largest absolute Gasteiger partial charge is 0.497 e. The molecule has 1 rings (SSSR count). The zero-order chi connectivity index (χ0) is 12.7. The minimum Gasteiger partial charge on any atom is -0.497 e. The molecule has 0 fully saturated rings. The van der Waals surface area contributed by atoms with Crippen LogP contribution in [0.5, 0.6) is 5.75 Å². The van der Waals surface area contributed by atoms with Crippen LogP contribution >= 0.6 is 11.6 Å². The lowest BCUT2D eigenvalue weighted by Crippen LogP contribution is -2.25. The highest BCUT2D eigenvalue weighted by atomic mass is 35.5. The molecule has 0 aliphatic heterocycles. The third-order valence-electron chi connectivity index (χ3n) is 2.45. The van der Waals surface area contributed by atoms with Crippen LogP contribution in [0.4, 0.5) is 0 Å². The van der Waals surface area contributed by atoms with Gasteiger partial charge in [-0.1, -0.05) is 24.6 Å². The fraction of sp³-hybridized carbons (Fsp3) is 0.462. The van der Waals surface area contributed by atoms with E-state index in [1.54, 1.807) is 13.2 Å². The van der Waals surface area contributed by atoms with Crippen molar-refractivity contribution in [2.45, 2.75) is 26.2 Å². The quantitative estimate of drug-likeness (QED) is 0.849. The number of hydrogen-bond acceptors (Lipinski definition) is 2. The van der Waals surface area contributed by atoms with Gasteiger partial charge >= 0.3 is 0 Å². The molecular weight excluding hydrogens is 238 g/mol. The van der Waals surface area contributed by atoms with Gasteiger partial charge in [0.15, 0.2) is 0 Å². The van der Waals surface area contributed by atoms with Gasteiger partial charge < -0.3 is 10.1 Å². The molecule has 1 amide bonds. The summed E-state index contributed by atoms with van der Waals surface area (Å²) in [6.45, 7) is 2.60. The Hall–Kier alpha value is -1.22. The van der Waals surface area contributed by atoms with E-state index in [4.69, 9.17) is 16.3 Å². The van der Waals surface area contributed by atoms with Crippen molar-refractivity contribution in [2.24, 2.45) is 0 Å². The number of nitrogens with one attached hydrogen (secondary N) is 1. The van der Waals surface area contributed by atoms with Crippen LogP contribution in [-0.2, 0) is 11.2 Å². The van der Waals surface area contributed by atoms with Gasteiger partial charge in [0.05, 0.1) is 7.11 Å². The average molecular weight is 256 g/mol. The van der Waals surface area contributed by atoms with Gasteiger partial charge in [-0.25, -0.2) is 0 Å². The first-order valence-corrected chi connectivity index (χ1v) is 6.14. The molecule has 0 saturated heterocycles. The van der Waals surface area contributed by atoms with Crippen LogP contribution in [0, 0.1) is 0 Å². The predicted molar refractivity (Wildman–Crippen MR) is 69.6 cm³/mol. The Morgan fingerprint density at radius 1 is 1.47 bits per heavy atom. The lowest BCUT2D eigenvalue weighted by molar-refractivity contribution is -0.121. The highest BCUT2D eigenvalue weighted by Crippen LogP contribution is 2.22. The molecule has 0 radical (unpaired) electrons. The van der Waals surface area contributed by atoms with Crippen molar-refractivity contribution >= 4 is 17.5 Å². The van der Waals surface area contributed by atoms with E-state index in [1.165, 1.54) is 0 Å². The second-order valence-corrected chi connectivity index (χ2v) is 4.21. The summed E-state index contributed by atoms with van der Waals surface area (Å²) in [6.07, 6.45) is 2.18. The van der Waals surface area contributed by atoms with Crippen LogP contribution in [0.1, 0.15) is 25.3 Å². The van der Waals surface area contributed by atoms with Crippen molar-refractivity contribution in [1.82, 2.24) is 5.32 Å². The number of rotatable bonds is 6. The number of ether oxygens (including phenoxy) is 1. The molecule has 17 heavy (non-hydrogen) atoms. The van der Waals surface area contributed by atoms with Crippen molar-refractivity contribution in [3.8, 4) is 5.75 Å². The van der Waals surface area contributed by atoms with Crippen LogP contribution in [0.25, 0.3) is 0 Å². The maximum atomic E-state index is 11.3. The molecule has 0 aliphatic carbocycles. The Kier molecular flexibility index (Phi) is 5.84. The second kappa shape index (κ2) is 7.17. The van der Waals surface area contributed by atoms with Crippen LogP contribution in [0.2, 0.25) is 5.02 Å². The molecule has 0 heterocycles. The van der Waals surface area contributed by atoms with Gasteiger partial charge in [0.25, 0.3) is 0 Å². The molecule has 1 aromatic rings. The van der Waals surface area contributed by atoms with Crippen molar-refractivity contribution < 1.29 is 9.53 Å². The first-order chi connectivity index (χ1) is 8.17. The number of benzene rings is 1. The molecule has 0 atom stereocenters. The van der Waals surface area contributed by atoms with E-state index < -0.39 is 0 Å². The van der Waals surface area contributed by atoms with Crippen LogP contribution in [-0.4, -0.2) is 19.6 Å². The molecule has 94 valence electrons. The standard InChI is InChI=1S/C13H18ClNO2/c1-3-4-13(16)15-8-7-10-5-6-11(17-2)9-12(10)14/h5-6,9H,3-4,7-8H2,1-2H3,(H,15,16). The van der Waals surface area contributed by atoms with Gasteiger partial charge in [0, 0.05) is 18.0 Å². The zero-order valence-electron chi connectivity index (χ0n) is 10.3. The van der Waals surface area contributed by atoms with Gasteiger partial charge in [0.2, 0.25) is 5.91 Å². The van der Waals surface area contributed by atoms with E-state index in [1.807, 2.05) is 19.1 Å². The highest BCUT2D eigenvalue weighted by Gasteiger charge is 2.03. The summed E-state index contributed by atoms with van der Waals surface area (Å²) in [6, 6.07) is 5.58. The van der Waals surface area contributed by atoms with E-state index in [0.717, 1.165) is 24.2 Å². The topological polar surface area (TPSA) is 38.3 Å². The third kappa shape index (κ3) is 4.65. The second-order valence-electron chi connectivity index (χ2n) is 3.81. The lowest BCUT2D eigenvalue weighted by Gasteiger charge is -2.07. The van der Waals surface area contributed by atoms with E-state index >= 15 is 0 Å². The number of methoxy groups -OCH3 is 1. The predicted octanol–water partition coefficient (Wildman–Crippen LogP) is 2.81. The van der Waals surface area contributed by atoms with Gasteiger partial charge in [-0.2, -0.15) is 0 Å². The zero-order valence-corrected chi connectivity index (χ0v) is 11.0. The normalized spacial score (nSPS) is 10.1. The maximum absolute atomic E-state index is 11.3.